The molecule has 1 aliphatic rings. The topological polar surface area (TPSA) is 3.24 Å². The summed E-state index contributed by atoms with van der Waals surface area (Å²) < 4.78 is 0. The lowest BCUT2D eigenvalue weighted by atomic mass is 9.97. The van der Waals surface area contributed by atoms with Crippen LogP contribution in [-0.4, -0.2) is 13.6 Å². The van der Waals surface area contributed by atoms with Crippen LogP contribution in [0.3, 0.4) is 0 Å². The maximum absolute atomic E-state index is 2.34. The van der Waals surface area contributed by atoms with Crippen molar-refractivity contribution in [3.05, 3.63) is 42.0 Å². The normalized spacial score (nSPS) is 14.8. The Morgan fingerprint density at radius 1 is 1.07 bits per heavy atom. The van der Waals surface area contributed by atoms with Gasteiger partial charge in [0, 0.05) is 24.7 Å². The molecule has 0 unspecified atom stereocenters. The molecule has 0 aliphatic carbocycles. The van der Waals surface area contributed by atoms with Crippen LogP contribution in [0.4, 0.5) is 5.69 Å². The van der Waals surface area contributed by atoms with E-state index in [0.29, 0.717) is 0 Å². The zero-order valence-corrected chi connectivity index (χ0v) is 8.33. The number of anilines is 1. The van der Waals surface area contributed by atoms with E-state index in [-0.39, 0.29) is 0 Å². The first-order valence-corrected chi connectivity index (χ1v) is 5.08. The largest absolute Gasteiger partial charge is 0.374 e. The SMILES string of the molecule is CN1CCc2cccc3cccc1c23. The van der Waals surface area contributed by atoms with Gasteiger partial charge in [-0.2, -0.15) is 0 Å². The maximum Gasteiger partial charge on any atom is 0.0446 e. The fraction of sp³-hybridized carbons (Fsp3) is 0.231. The molecule has 0 N–H and O–H groups in total. The van der Waals surface area contributed by atoms with E-state index < -0.39 is 0 Å². The molecular weight excluding hydrogens is 170 g/mol. The second kappa shape index (κ2) is 2.74. The predicted molar refractivity (Wildman–Crippen MR) is 60.9 cm³/mol. The lowest BCUT2D eigenvalue weighted by Crippen LogP contribution is -2.24. The third-order valence-electron chi connectivity index (χ3n) is 3.10. The highest BCUT2D eigenvalue weighted by Crippen LogP contribution is 2.32. The van der Waals surface area contributed by atoms with Crippen molar-refractivity contribution >= 4 is 16.5 Å². The Bertz CT molecular complexity index is 482. The molecule has 0 spiro atoms. The van der Waals surface area contributed by atoms with Gasteiger partial charge in [-0.25, -0.2) is 0 Å². The maximum atomic E-state index is 2.34. The van der Waals surface area contributed by atoms with Crippen LogP contribution in [0.5, 0.6) is 0 Å². The first kappa shape index (κ1) is 7.86. The summed E-state index contributed by atoms with van der Waals surface area (Å²) >= 11 is 0. The standard InChI is InChI=1S/C13H13N/c1-14-9-8-11-5-2-4-10-6-3-7-12(14)13(10)11/h2-7H,8-9H2,1H3. The van der Waals surface area contributed by atoms with Crippen LogP contribution < -0.4 is 4.90 Å². The lowest BCUT2D eigenvalue weighted by Gasteiger charge is -2.27. The highest BCUT2D eigenvalue weighted by molar-refractivity contribution is 5.97. The monoisotopic (exact) mass is 183 g/mol. The van der Waals surface area contributed by atoms with E-state index in [1.807, 2.05) is 0 Å². The molecular formula is C13H13N. The smallest absolute Gasteiger partial charge is 0.0446 e. The minimum absolute atomic E-state index is 1.14. The molecule has 0 bridgehead atoms. The fourth-order valence-electron chi connectivity index (χ4n) is 2.33. The van der Waals surface area contributed by atoms with E-state index in [1.165, 1.54) is 28.4 Å². The van der Waals surface area contributed by atoms with Gasteiger partial charge in [-0.15, -0.1) is 0 Å². The molecule has 0 amide bonds. The summed E-state index contributed by atoms with van der Waals surface area (Å²) in [5, 5.41) is 2.82. The van der Waals surface area contributed by atoms with Crippen LogP contribution in [0.15, 0.2) is 36.4 Å². The van der Waals surface area contributed by atoms with Gasteiger partial charge in [-0.05, 0) is 23.4 Å². The summed E-state index contributed by atoms with van der Waals surface area (Å²) in [5.74, 6) is 0. The van der Waals surface area contributed by atoms with Gasteiger partial charge in [0.15, 0.2) is 0 Å². The Kier molecular flexibility index (Phi) is 1.54. The Hall–Kier alpha value is -1.50. The average Bonchev–Trinajstić information content (AvgIpc) is 2.24. The highest BCUT2D eigenvalue weighted by atomic mass is 15.1. The zero-order valence-electron chi connectivity index (χ0n) is 8.33. The predicted octanol–water partition coefficient (Wildman–Crippen LogP) is 2.83. The summed E-state index contributed by atoms with van der Waals surface area (Å²) in [6.07, 6.45) is 1.17. The Morgan fingerprint density at radius 3 is 2.71 bits per heavy atom. The van der Waals surface area contributed by atoms with Gasteiger partial charge in [0.25, 0.3) is 0 Å². The van der Waals surface area contributed by atoms with Crippen LogP contribution in [0.1, 0.15) is 5.56 Å². The Morgan fingerprint density at radius 2 is 1.86 bits per heavy atom. The van der Waals surface area contributed by atoms with Crippen molar-refractivity contribution in [1.82, 2.24) is 0 Å². The molecule has 1 aliphatic heterocycles. The summed E-state index contributed by atoms with van der Waals surface area (Å²) in [6, 6.07) is 13.2. The number of likely N-dealkylation sites (N-methyl/N-ethyl adjacent to an activating group) is 1. The van der Waals surface area contributed by atoms with Crippen LogP contribution in [-0.2, 0) is 6.42 Å². The molecule has 0 saturated heterocycles. The van der Waals surface area contributed by atoms with Gasteiger partial charge in [-0.1, -0.05) is 30.3 Å². The summed E-state index contributed by atoms with van der Waals surface area (Å²) in [5.41, 5.74) is 2.88. The molecule has 3 rings (SSSR count). The second-order valence-electron chi connectivity index (χ2n) is 3.96. The van der Waals surface area contributed by atoms with Gasteiger partial charge in [0.2, 0.25) is 0 Å². The number of hydrogen-bond donors (Lipinski definition) is 0. The van der Waals surface area contributed by atoms with Crippen LogP contribution in [0, 0.1) is 0 Å². The van der Waals surface area contributed by atoms with Gasteiger partial charge in [0.05, 0.1) is 0 Å². The van der Waals surface area contributed by atoms with Crippen LogP contribution in [0.25, 0.3) is 10.8 Å². The number of rotatable bonds is 0. The molecule has 2 aromatic rings. The van der Waals surface area contributed by atoms with Gasteiger partial charge >= 0.3 is 0 Å². The van der Waals surface area contributed by atoms with Crippen molar-refractivity contribution in [1.29, 1.82) is 0 Å². The van der Waals surface area contributed by atoms with Crippen LogP contribution in [0.2, 0.25) is 0 Å². The summed E-state index contributed by atoms with van der Waals surface area (Å²) in [7, 11) is 2.17. The van der Waals surface area contributed by atoms with Crippen molar-refractivity contribution in [3.63, 3.8) is 0 Å². The lowest BCUT2D eigenvalue weighted by molar-refractivity contribution is 0.866. The number of benzene rings is 2. The molecule has 2 aromatic carbocycles. The molecule has 1 heteroatoms. The minimum Gasteiger partial charge on any atom is -0.374 e. The molecule has 0 radical (unpaired) electrons. The average molecular weight is 183 g/mol. The summed E-state index contributed by atoms with van der Waals surface area (Å²) in [4.78, 5) is 2.34. The quantitative estimate of drug-likeness (QED) is 0.607. The van der Waals surface area contributed by atoms with Gasteiger partial charge in [-0.3, -0.25) is 0 Å². The van der Waals surface area contributed by atoms with Crippen molar-refractivity contribution in [2.45, 2.75) is 6.42 Å². The van der Waals surface area contributed by atoms with Gasteiger partial charge < -0.3 is 4.90 Å². The molecule has 70 valence electrons. The van der Waals surface area contributed by atoms with E-state index in [1.54, 1.807) is 0 Å². The number of nitrogens with zero attached hydrogens (tertiary/aromatic N) is 1. The molecule has 0 aromatic heterocycles. The third-order valence-corrected chi connectivity index (χ3v) is 3.10. The first-order chi connectivity index (χ1) is 6.86. The van der Waals surface area contributed by atoms with Crippen LogP contribution >= 0.6 is 0 Å². The number of hydrogen-bond acceptors (Lipinski definition) is 1. The first-order valence-electron chi connectivity index (χ1n) is 5.08. The Balaban J connectivity index is 2.46. The second-order valence-corrected chi connectivity index (χ2v) is 3.96. The fourth-order valence-corrected chi connectivity index (χ4v) is 2.33. The van der Waals surface area contributed by atoms with E-state index in [2.05, 4.69) is 48.3 Å². The molecule has 0 fully saturated rings. The highest BCUT2D eigenvalue weighted by Gasteiger charge is 2.14. The Labute approximate surface area is 84.0 Å². The van der Waals surface area contributed by atoms with E-state index >= 15 is 0 Å². The summed E-state index contributed by atoms with van der Waals surface area (Å²) in [6.45, 7) is 1.14. The zero-order chi connectivity index (χ0) is 9.54. The van der Waals surface area contributed by atoms with Crippen molar-refractivity contribution in [2.75, 3.05) is 18.5 Å². The molecule has 1 heterocycles. The molecule has 0 saturated carbocycles. The van der Waals surface area contributed by atoms with E-state index in [9.17, 15) is 0 Å². The van der Waals surface area contributed by atoms with E-state index in [0.717, 1.165) is 6.54 Å². The van der Waals surface area contributed by atoms with Crippen molar-refractivity contribution in [2.24, 2.45) is 0 Å². The van der Waals surface area contributed by atoms with Crippen molar-refractivity contribution < 1.29 is 0 Å². The van der Waals surface area contributed by atoms with Gasteiger partial charge in [0.1, 0.15) is 0 Å². The van der Waals surface area contributed by atoms with Crippen molar-refractivity contribution in [3.8, 4) is 0 Å². The third kappa shape index (κ3) is 0.955. The van der Waals surface area contributed by atoms with E-state index in [4.69, 9.17) is 0 Å². The molecule has 1 nitrogen and oxygen atoms in total. The molecule has 0 atom stereocenters. The minimum atomic E-state index is 1.14. The molecule has 14 heavy (non-hydrogen) atoms.